The van der Waals surface area contributed by atoms with Gasteiger partial charge in [0.15, 0.2) is 0 Å². The van der Waals surface area contributed by atoms with Crippen molar-refractivity contribution in [1.82, 2.24) is 9.88 Å². The third-order valence-electron chi connectivity index (χ3n) is 5.13. The molecule has 2 amide bonds. The summed E-state index contributed by atoms with van der Waals surface area (Å²) in [4.78, 5) is 24.3. The number of aromatic nitrogens is 1. The number of rotatable bonds is 5. The first-order valence-corrected chi connectivity index (χ1v) is 8.90. The van der Waals surface area contributed by atoms with Gasteiger partial charge in [-0.15, -0.1) is 0 Å². The van der Waals surface area contributed by atoms with Crippen LogP contribution in [0.4, 0.5) is 0 Å². The highest BCUT2D eigenvalue weighted by atomic mass is 16.5. The molecule has 0 spiro atoms. The number of para-hydroxylation sites is 1. The number of benzene rings is 2. The van der Waals surface area contributed by atoms with Gasteiger partial charge in [-0.25, -0.2) is 0 Å². The van der Waals surface area contributed by atoms with Gasteiger partial charge in [-0.3, -0.25) is 9.59 Å². The molecular weight excluding hydrogens is 342 g/mol. The number of amides is 2. The van der Waals surface area contributed by atoms with Crippen LogP contribution in [0.5, 0.6) is 5.75 Å². The number of hydrogen-bond acceptors (Lipinski definition) is 3. The Labute approximate surface area is 156 Å². The van der Waals surface area contributed by atoms with Gasteiger partial charge in [0.2, 0.25) is 5.91 Å². The summed E-state index contributed by atoms with van der Waals surface area (Å²) in [5, 5.41) is 3.87. The predicted octanol–water partition coefficient (Wildman–Crippen LogP) is 2.55. The molecule has 1 heterocycles. The smallest absolute Gasteiger partial charge is 0.250 e. The van der Waals surface area contributed by atoms with E-state index in [1.165, 1.54) is 5.56 Å². The highest BCUT2D eigenvalue weighted by Crippen LogP contribution is 2.33. The number of carbonyl (C=O) groups is 2. The first kappa shape index (κ1) is 17.1. The zero-order valence-corrected chi connectivity index (χ0v) is 15.1. The van der Waals surface area contributed by atoms with Crippen LogP contribution < -0.4 is 15.8 Å². The molecule has 1 aliphatic carbocycles. The first-order valence-electron chi connectivity index (χ1n) is 8.90. The molecule has 0 aliphatic heterocycles. The number of hydrogen-bond donors (Lipinski definition) is 2. The lowest BCUT2D eigenvalue weighted by atomic mass is 10.1. The molecule has 138 valence electrons. The van der Waals surface area contributed by atoms with Gasteiger partial charge in [0, 0.05) is 17.1 Å². The van der Waals surface area contributed by atoms with Crippen LogP contribution >= 0.6 is 0 Å². The normalized spacial score (nSPS) is 15.5. The fourth-order valence-electron chi connectivity index (χ4n) is 3.84. The van der Waals surface area contributed by atoms with E-state index >= 15 is 0 Å². The molecule has 0 saturated carbocycles. The topological polar surface area (TPSA) is 86.3 Å². The largest absolute Gasteiger partial charge is 0.497 e. The average Bonchev–Trinajstić information content (AvgIpc) is 3.23. The molecule has 27 heavy (non-hydrogen) atoms. The lowest BCUT2D eigenvalue weighted by molar-refractivity contribution is -0.122. The number of primary amides is 1. The van der Waals surface area contributed by atoms with Gasteiger partial charge in [0.25, 0.3) is 5.91 Å². The van der Waals surface area contributed by atoms with Crippen molar-refractivity contribution in [1.29, 1.82) is 0 Å². The van der Waals surface area contributed by atoms with Crippen molar-refractivity contribution >= 4 is 22.7 Å². The molecular formula is C21H21N3O3. The summed E-state index contributed by atoms with van der Waals surface area (Å²) in [7, 11) is 1.65. The second-order valence-electron chi connectivity index (χ2n) is 6.78. The van der Waals surface area contributed by atoms with Gasteiger partial charge in [-0.05, 0) is 42.2 Å². The van der Waals surface area contributed by atoms with Crippen LogP contribution in [0.2, 0.25) is 0 Å². The van der Waals surface area contributed by atoms with Crippen LogP contribution in [0.15, 0.2) is 48.7 Å². The standard InChI is InChI=1S/C21H21N3O3/c1-27-14-7-8-15-13(10-14)6-9-18(15)23-20(25)12-24-11-17(21(22)26)16-4-2-3-5-19(16)24/h2-5,7-8,10-11,18H,6,9,12H2,1H3,(H2,22,26)(H,23,25). The molecule has 0 fully saturated rings. The Morgan fingerprint density at radius 1 is 1.26 bits per heavy atom. The van der Waals surface area contributed by atoms with Crippen LogP contribution in [0, 0.1) is 0 Å². The Morgan fingerprint density at radius 3 is 2.85 bits per heavy atom. The Morgan fingerprint density at radius 2 is 2.07 bits per heavy atom. The van der Waals surface area contributed by atoms with Crippen LogP contribution in [0.25, 0.3) is 10.9 Å². The van der Waals surface area contributed by atoms with Crippen LogP contribution in [-0.4, -0.2) is 23.5 Å². The Kier molecular flexibility index (Phi) is 4.32. The molecule has 0 bridgehead atoms. The van der Waals surface area contributed by atoms with Crippen molar-refractivity contribution < 1.29 is 14.3 Å². The SMILES string of the molecule is COc1ccc2c(c1)CCC2NC(=O)Cn1cc(C(N)=O)c2ccccc21. The number of ether oxygens (including phenoxy) is 1. The molecule has 2 aromatic carbocycles. The summed E-state index contributed by atoms with van der Waals surface area (Å²) in [5.74, 6) is 0.239. The maximum absolute atomic E-state index is 12.7. The average molecular weight is 363 g/mol. The molecule has 1 atom stereocenters. The number of carbonyl (C=O) groups excluding carboxylic acids is 2. The van der Waals surface area contributed by atoms with E-state index in [9.17, 15) is 9.59 Å². The van der Waals surface area contributed by atoms with Crippen molar-refractivity contribution in [3.8, 4) is 5.75 Å². The van der Waals surface area contributed by atoms with Crippen molar-refractivity contribution in [2.75, 3.05) is 7.11 Å². The zero-order valence-electron chi connectivity index (χ0n) is 15.1. The van der Waals surface area contributed by atoms with Gasteiger partial charge in [0.05, 0.1) is 18.7 Å². The van der Waals surface area contributed by atoms with Crippen molar-refractivity contribution in [2.45, 2.75) is 25.4 Å². The summed E-state index contributed by atoms with van der Waals surface area (Å²) in [6, 6.07) is 13.4. The maximum Gasteiger partial charge on any atom is 0.250 e. The summed E-state index contributed by atoms with van der Waals surface area (Å²) in [5.41, 5.74) is 9.06. The molecule has 6 heteroatoms. The number of fused-ring (bicyclic) bond motifs is 2. The fraction of sp³-hybridized carbons (Fsp3) is 0.238. The zero-order chi connectivity index (χ0) is 19.0. The second kappa shape index (κ2) is 6.79. The molecule has 1 aromatic heterocycles. The lowest BCUT2D eigenvalue weighted by Crippen LogP contribution is -2.30. The molecule has 1 aliphatic rings. The molecule has 6 nitrogen and oxygen atoms in total. The number of nitrogens with two attached hydrogens (primary N) is 1. The minimum atomic E-state index is -0.496. The van der Waals surface area contributed by atoms with Crippen LogP contribution in [-0.2, 0) is 17.8 Å². The van der Waals surface area contributed by atoms with E-state index in [2.05, 4.69) is 5.32 Å². The molecule has 1 unspecified atom stereocenters. The quantitative estimate of drug-likeness (QED) is 0.730. The Hall–Kier alpha value is -3.28. The molecule has 0 radical (unpaired) electrons. The first-order chi connectivity index (χ1) is 13.1. The van der Waals surface area contributed by atoms with Crippen molar-refractivity contribution in [3.63, 3.8) is 0 Å². The number of nitrogens with zero attached hydrogens (tertiary/aromatic N) is 1. The number of nitrogens with one attached hydrogen (secondary N) is 1. The third-order valence-corrected chi connectivity index (χ3v) is 5.13. The van der Waals surface area contributed by atoms with E-state index in [1.54, 1.807) is 17.9 Å². The van der Waals surface area contributed by atoms with Gasteiger partial charge >= 0.3 is 0 Å². The summed E-state index contributed by atoms with van der Waals surface area (Å²) >= 11 is 0. The minimum Gasteiger partial charge on any atom is -0.497 e. The Balaban J connectivity index is 1.53. The molecule has 4 rings (SSSR count). The minimum absolute atomic E-state index is 0.00385. The van der Waals surface area contributed by atoms with Gasteiger partial charge < -0.3 is 20.4 Å². The van der Waals surface area contributed by atoms with Crippen molar-refractivity contribution in [3.05, 3.63) is 65.4 Å². The maximum atomic E-state index is 12.7. The summed E-state index contributed by atoms with van der Waals surface area (Å²) < 4.78 is 7.04. The van der Waals surface area contributed by atoms with E-state index in [4.69, 9.17) is 10.5 Å². The second-order valence-corrected chi connectivity index (χ2v) is 6.78. The van der Waals surface area contributed by atoms with E-state index in [0.717, 1.165) is 35.1 Å². The van der Waals surface area contributed by atoms with Crippen molar-refractivity contribution in [2.24, 2.45) is 5.73 Å². The van der Waals surface area contributed by atoms with Crippen LogP contribution in [0.3, 0.4) is 0 Å². The highest BCUT2D eigenvalue weighted by molar-refractivity contribution is 6.06. The van der Waals surface area contributed by atoms with E-state index < -0.39 is 5.91 Å². The van der Waals surface area contributed by atoms with Gasteiger partial charge in [-0.2, -0.15) is 0 Å². The predicted molar refractivity (Wildman–Crippen MR) is 103 cm³/mol. The van der Waals surface area contributed by atoms with Gasteiger partial charge in [0.1, 0.15) is 12.3 Å². The monoisotopic (exact) mass is 363 g/mol. The Bertz CT molecular complexity index is 1040. The molecule has 0 saturated heterocycles. The molecule has 3 aromatic rings. The molecule has 3 N–H and O–H groups in total. The third kappa shape index (κ3) is 3.14. The van der Waals surface area contributed by atoms with E-state index in [-0.39, 0.29) is 18.5 Å². The summed E-state index contributed by atoms with van der Waals surface area (Å²) in [6.07, 6.45) is 3.43. The summed E-state index contributed by atoms with van der Waals surface area (Å²) in [6.45, 7) is 0.135. The fourth-order valence-corrected chi connectivity index (χ4v) is 3.84. The van der Waals surface area contributed by atoms with Gasteiger partial charge in [-0.1, -0.05) is 24.3 Å². The van der Waals surface area contributed by atoms with Crippen LogP contribution in [0.1, 0.15) is 33.9 Å². The number of methoxy groups -OCH3 is 1. The highest BCUT2D eigenvalue weighted by Gasteiger charge is 2.24. The number of aryl methyl sites for hydroxylation is 1. The lowest BCUT2D eigenvalue weighted by Gasteiger charge is -2.15. The van der Waals surface area contributed by atoms with E-state index in [1.807, 2.05) is 42.5 Å². The van der Waals surface area contributed by atoms with E-state index in [0.29, 0.717) is 5.56 Å².